The lowest BCUT2D eigenvalue weighted by Crippen LogP contribution is -2.43. The van der Waals surface area contributed by atoms with Crippen LogP contribution in [0, 0.1) is 5.41 Å². The fraction of sp³-hybridized carbons (Fsp3) is 1.00. The van der Waals surface area contributed by atoms with Gasteiger partial charge in [0.2, 0.25) is 0 Å². The van der Waals surface area contributed by atoms with Gasteiger partial charge >= 0.3 is 51.1 Å². The summed E-state index contributed by atoms with van der Waals surface area (Å²) in [5.74, 6) is -8.64. The molecule has 0 saturated heterocycles. The van der Waals surface area contributed by atoms with Crippen molar-refractivity contribution < 1.29 is 116 Å². The number of hydrogen-bond donors (Lipinski definition) is 0. The number of unbranched alkanes of at least 4 members (excludes halogenated alkanes) is 2. The van der Waals surface area contributed by atoms with Gasteiger partial charge in [-0.2, -0.15) is 26.3 Å². The van der Waals surface area contributed by atoms with Gasteiger partial charge in [0, 0.05) is 88.5 Å². The topological polar surface area (TPSA) is 120 Å². The van der Waals surface area contributed by atoms with Crippen LogP contribution in [0.4, 0.5) is 57.1 Å². The molecular weight excluding hydrogens is 960 g/mol. The van der Waals surface area contributed by atoms with Crippen molar-refractivity contribution in [3.8, 4) is 0 Å². The highest BCUT2D eigenvalue weighted by atomic mass is 28.4. The van der Waals surface area contributed by atoms with E-state index in [-0.39, 0.29) is 12.8 Å². The number of ether oxygens (including phenoxy) is 4. The van der Waals surface area contributed by atoms with Gasteiger partial charge < -0.3 is 49.3 Å². The Hall–Kier alpha value is -0.779. The molecule has 0 N–H and O–H groups in total. The minimum absolute atomic E-state index is 0.115. The van der Waals surface area contributed by atoms with Crippen molar-refractivity contribution in [2.45, 2.75) is 132 Å². The third-order valence-electron chi connectivity index (χ3n) is 10.3. The van der Waals surface area contributed by atoms with Crippen LogP contribution < -0.4 is 0 Å². The van der Waals surface area contributed by atoms with E-state index in [1.165, 1.54) is 64.0 Å². The molecular formula is C35H65F13O13Si3. The van der Waals surface area contributed by atoms with Gasteiger partial charge in [0.15, 0.2) is 0 Å². The Morgan fingerprint density at radius 1 is 0.328 bits per heavy atom. The first-order valence-electron chi connectivity index (χ1n) is 19.9. The second-order valence-electron chi connectivity index (χ2n) is 14.9. The zero-order valence-corrected chi connectivity index (χ0v) is 40.7. The number of halogens is 13. The van der Waals surface area contributed by atoms with E-state index in [0.717, 1.165) is 0 Å². The summed E-state index contributed by atoms with van der Waals surface area (Å²) in [6.45, 7) is -8.74. The molecule has 386 valence electrons. The summed E-state index contributed by atoms with van der Waals surface area (Å²) in [6.07, 6.45) is -20.5. The maximum absolute atomic E-state index is 14.8. The van der Waals surface area contributed by atoms with Gasteiger partial charge in [0.25, 0.3) is 11.8 Å². The predicted molar refractivity (Wildman–Crippen MR) is 207 cm³/mol. The quantitative estimate of drug-likeness (QED) is 0.0330. The van der Waals surface area contributed by atoms with Crippen molar-refractivity contribution in [2.24, 2.45) is 5.41 Å². The van der Waals surface area contributed by atoms with Crippen molar-refractivity contribution >= 4 is 26.4 Å². The van der Waals surface area contributed by atoms with Crippen LogP contribution in [0.5, 0.6) is 0 Å². The molecule has 0 aromatic carbocycles. The van der Waals surface area contributed by atoms with Crippen LogP contribution in [-0.4, -0.2) is 153 Å². The molecule has 0 spiro atoms. The van der Waals surface area contributed by atoms with E-state index in [2.05, 4.69) is 18.9 Å². The highest BCUT2D eigenvalue weighted by Crippen LogP contribution is 2.44. The number of alkyl halides is 13. The van der Waals surface area contributed by atoms with Crippen LogP contribution >= 0.6 is 0 Å². The Kier molecular flexibility index (Phi) is 27.7. The molecule has 0 aliphatic carbocycles. The second kappa shape index (κ2) is 28.0. The lowest BCUT2D eigenvalue weighted by Gasteiger charge is -2.37. The zero-order chi connectivity index (χ0) is 49.6. The first-order chi connectivity index (χ1) is 29.4. The zero-order valence-electron chi connectivity index (χ0n) is 37.7. The Morgan fingerprint density at radius 2 is 0.641 bits per heavy atom. The molecule has 0 aromatic rings. The summed E-state index contributed by atoms with van der Waals surface area (Å²) in [7, 11) is 4.54. The van der Waals surface area contributed by atoms with Gasteiger partial charge in [-0.25, -0.2) is 22.3 Å². The van der Waals surface area contributed by atoms with Crippen molar-refractivity contribution in [1.82, 2.24) is 0 Å². The van der Waals surface area contributed by atoms with Crippen LogP contribution in [0.15, 0.2) is 0 Å². The average molecular weight is 1030 g/mol. The molecule has 13 nitrogen and oxygen atoms in total. The lowest BCUT2D eigenvalue weighted by atomic mass is 9.72. The minimum atomic E-state index is -5.91. The normalized spacial score (nSPS) is 14.5. The lowest BCUT2D eigenvalue weighted by molar-refractivity contribution is -0.432. The van der Waals surface area contributed by atoms with E-state index >= 15 is 0 Å². The summed E-state index contributed by atoms with van der Waals surface area (Å²) in [6, 6.07) is 1.43. The third kappa shape index (κ3) is 25.0. The van der Waals surface area contributed by atoms with Gasteiger partial charge in [0.05, 0.1) is 0 Å². The van der Waals surface area contributed by atoms with Crippen LogP contribution in [0.3, 0.4) is 0 Å². The summed E-state index contributed by atoms with van der Waals surface area (Å²) in [4.78, 5) is 0. The molecule has 0 fully saturated rings. The van der Waals surface area contributed by atoms with Crippen molar-refractivity contribution in [3.05, 3.63) is 0 Å². The van der Waals surface area contributed by atoms with E-state index in [1.54, 1.807) is 0 Å². The molecule has 0 aromatic heterocycles. The standard InChI is InChI=1S/C35H65F13O13Si3/c1-49-62(50-2,51-3)21-13-17-29(18-14-22-63(52-4,53-5)54-6,19-15-23-64(55-7,56-8)57-9)16-11-10-12-20-30(36,37)25-58-27-33(42,43)60-32(40,41)24-31(38,39)26-59-28-34(44,45)61-35(46,47)48/h10-28H2,1-9H3. The average Bonchev–Trinajstić information content (AvgIpc) is 3.18. The van der Waals surface area contributed by atoms with E-state index in [1.807, 2.05) is 0 Å². The fourth-order valence-corrected chi connectivity index (χ4v) is 12.2. The fourth-order valence-electron chi connectivity index (χ4n) is 7.06. The molecule has 0 atom stereocenters. The largest absolute Gasteiger partial charge is 0.527 e. The molecule has 0 saturated carbocycles. The minimum Gasteiger partial charge on any atom is -0.377 e. The van der Waals surface area contributed by atoms with Crippen LogP contribution in [0.2, 0.25) is 18.1 Å². The van der Waals surface area contributed by atoms with E-state index in [9.17, 15) is 57.1 Å². The van der Waals surface area contributed by atoms with Crippen LogP contribution in [0.25, 0.3) is 0 Å². The van der Waals surface area contributed by atoms with Crippen molar-refractivity contribution in [2.75, 3.05) is 90.4 Å². The highest BCUT2D eigenvalue weighted by Gasteiger charge is 2.52. The molecule has 0 amide bonds. The maximum Gasteiger partial charge on any atom is 0.527 e. The van der Waals surface area contributed by atoms with Crippen LogP contribution in [-0.2, 0) is 58.8 Å². The van der Waals surface area contributed by atoms with Gasteiger partial charge in [-0.3, -0.25) is 4.74 Å². The van der Waals surface area contributed by atoms with E-state index in [4.69, 9.17) is 39.8 Å². The summed E-state index contributed by atoms with van der Waals surface area (Å²) in [5.41, 5.74) is -0.392. The molecule has 0 radical (unpaired) electrons. The maximum atomic E-state index is 14.8. The molecule has 29 heteroatoms. The van der Waals surface area contributed by atoms with Gasteiger partial charge in [-0.05, 0) is 56.8 Å². The highest BCUT2D eigenvalue weighted by molar-refractivity contribution is 6.61. The SMILES string of the molecule is CO[Si](CCCC(CCCCCC(F)(F)COCC(F)(F)OC(F)(F)CC(F)(F)COCC(F)(F)OC(F)(F)F)(CCC[Si](OC)(OC)OC)CCC[Si](OC)(OC)OC)(OC)OC. The van der Waals surface area contributed by atoms with E-state index < -0.39 is 108 Å². The molecule has 64 heavy (non-hydrogen) atoms. The molecule has 0 heterocycles. The summed E-state index contributed by atoms with van der Waals surface area (Å²) < 4.78 is 239. The Balaban J connectivity index is 5.69. The Morgan fingerprint density at radius 3 is 0.984 bits per heavy atom. The number of hydrogen-bond acceptors (Lipinski definition) is 13. The van der Waals surface area contributed by atoms with Gasteiger partial charge in [-0.1, -0.05) is 12.8 Å². The monoisotopic (exact) mass is 1020 g/mol. The molecule has 0 bridgehead atoms. The smallest absolute Gasteiger partial charge is 0.377 e. The summed E-state index contributed by atoms with van der Waals surface area (Å²) >= 11 is 0. The third-order valence-corrected chi connectivity index (χ3v) is 18.8. The second-order valence-corrected chi connectivity index (χ2v) is 24.2. The molecule has 0 unspecified atom stereocenters. The Bertz CT molecular complexity index is 1160. The predicted octanol–water partition coefficient (Wildman–Crippen LogP) is 9.92. The van der Waals surface area contributed by atoms with Crippen molar-refractivity contribution in [3.63, 3.8) is 0 Å². The first kappa shape index (κ1) is 63.2. The Labute approximate surface area is 369 Å². The van der Waals surface area contributed by atoms with Gasteiger partial charge in [0.1, 0.15) is 32.8 Å². The molecule has 0 aliphatic rings. The molecule has 0 aliphatic heterocycles. The first-order valence-corrected chi connectivity index (χ1v) is 25.7. The van der Waals surface area contributed by atoms with Crippen LogP contribution in [0.1, 0.15) is 77.0 Å². The van der Waals surface area contributed by atoms with Gasteiger partial charge in [-0.15, -0.1) is 13.2 Å². The number of rotatable bonds is 40. The summed E-state index contributed by atoms with van der Waals surface area (Å²) in [5, 5.41) is 0. The van der Waals surface area contributed by atoms with Crippen molar-refractivity contribution in [1.29, 1.82) is 0 Å². The van der Waals surface area contributed by atoms with E-state index in [0.29, 0.717) is 69.5 Å². The molecule has 0 rings (SSSR count).